The lowest BCUT2D eigenvalue weighted by molar-refractivity contribution is -0.371. The van der Waals surface area contributed by atoms with Crippen molar-refractivity contribution in [3.05, 3.63) is 12.2 Å². The van der Waals surface area contributed by atoms with Crippen LogP contribution in [0.3, 0.4) is 0 Å². The summed E-state index contributed by atoms with van der Waals surface area (Å²) in [6.07, 6.45) is 1.80. The number of esters is 2. The first-order valence-corrected chi connectivity index (χ1v) is 17.0. The van der Waals surface area contributed by atoms with E-state index in [9.17, 15) is 40.2 Å². The molecule has 0 spiro atoms. The first-order chi connectivity index (χ1) is 22.5. The number of hydrogen-bond acceptors (Lipinski definition) is 14. The number of rotatable bonds is 22. The molecule has 0 saturated carbocycles. The Balaban J connectivity index is 1.77. The van der Waals surface area contributed by atoms with Gasteiger partial charge in [-0.1, -0.05) is 50.7 Å². The van der Waals surface area contributed by atoms with E-state index in [1.165, 1.54) is 14.0 Å². The normalized spacial score (nSPS) is 31.9. The molecule has 0 amide bonds. The standard InChI is InChI=1S/C33H58O14/c1-21(17-15-13-11-9-7-5-4-6-8-10-12-14-16-18-25(36)42-3)44-33-31(29(40)27(38)24(46-33)20-43-22(2)35)47-32-30(41)28(39)26(37)23(19-34)45-32/h4-5,21,23-24,26-34,37-41H,6-20H2,1-3H3/b5-4-/t21?,23-,24-,26-,27-,28+,29+,30-,31-,32+,33-/m1/s1. The van der Waals surface area contributed by atoms with Gasteiger partial charge in [0.2, 0.25) is 0 Å². The molecule has 274 valence electrons. The maximum absolute atomic E-state index is 11.3. The van der Waals surface area contributed by atoms with Gasteiger partial charge < -0.3 is 59.1 Å². The fourth-order valence-electron chi connectivity index (χ4n) is 5.58. The van der Waals surface area contributed by atoms with Crippen molar-refractivity contribution in [2.75, 3.05) is 20.3 Å². The van der Waals surface area contributed by atoms with Crippen LogP contribution in [0.1, 0.15) is 97.3 Å². The van der Waals surface area contributed by atoms with E-state index in [0.29, 0.717) is 12.8 Å². The van der Waals surface area contributed by atoms with Crippen molar-refractivity contribution < 1.29 is 68.6 Å². The molecule has 0 aliphatic carbocycles. The van der Waals surface area contributed by atoms with Crippen molar-refractivity contribution in [3.8, 4) is 0 Å². The molecular formula is C33H58O14. The van der Waals surface area contributed by atoms with Gasteiger partial charge in [0, 0.05) is 13.3 Å². The lowest BCUT2D eigenvalue weighted by Gasteiger charge is -2.46. The van der Waals surface area contributed by atoms with Gasteiger partial charge in [-0.05, 0) is 45.4 Å². The summed E-state index contributed by atoms with van der Waals surface area (Å²) in [5.41, 5.74) is 0. The number of carbonyl (C=O) groups is 2. The van der Waals surface area contributed by atoms with E-state index >= 15 is 0 Å². The smallest absolute Gasteiger partial charge is 0.305 e. The molecular weight excluding hydrogens is 620 g/mol. The zero-order valence-electron chi connectivity index (χ0n) is 28.1. The van der Waals surface area contributed by atoms with Crippen molar-refractivity contribution >= 4 is 11.9 Å². The molecule has 0 aromatic heterocycles. The number of hydrogen-bond donors (Lipinski definition) is 6. The topological polar surface area (TPSA) is 211 Å². The number of aliphatic hydroxyl groups excluding tert-OH is 6. The molecule has 2 rings (SSSR count). The first-order valence-electron chi connectivity index (χ1n) is 17.0. The summed E-state index contributed by atoms with van der Waals surface area (Å²) in [6.45, 7) is 2.01. The largest absolute Gasteiger partial charge is 0.469 e. The highest BCUT2D eigenvalue weighted by atomic mass is 16.8. The van der Waals surface area contributed by atoms with Crippen LogP contribution in [0.15, 0.2) is 12.2 Å². The molecule has 47 heavy (non-hydrogen) atoms. The summed E-state index contributed by atoms with van der Waals surface area (Å²) in [4.78, 5) is 22.5. The Hall–Kier alpha value is -1.72. The van der Waals surface area contributed by atoms with E-state index in [4.69, 9.17) is 23.7 Å². The van der Waals surface area contributed by atoms with Gasteiger partial charge in [0.1, 0.15) is 55.4 Å². The van der Waals surface area contributed by atoms with Crippen LogP contribution in [0.25, 0.3) is 0 Å². The summed E-state index contributed by atoms with van der Waals surface area (Å²) in [6, 6.07) is 0. The molecule has 2 aliphatic heterocycles. The Labute approximate surface area is 277 Å². The molecule has 0 bridgehead atoms. The highest BCUT2D eigenvalue weighted by Gasteiger charge is 2.51. The Morgan fingerprint density at radius 2 is 1.32 bits per heavy atom. The second-order valence-corrected chi connectivity index (χ2v) is 12.4. The fraction of sp³-hybridized carbons (Fsp3) is 0.879. The van der Waals surface area contributed by atoms with Gasteiger partial charge in [0.15, 0.2) is 12.6 Å². The van der Waals surface area contributed by atoms with Crippen LogP contribution in [0, 0.1) is 0 Å². The molecule has 2 fully saturated rings. The molecule has 0 aromatic rings. The molecule has 0 radical (unpaired) electrons. The van der Waals surface area contributed by atoms with Crippen LogP contribution >= 0.6 is 0 Å². The average Bonchev–Trinajstić information content (AvgIpc) is 3.05. The number of aliphatic hydroxyl groups is 6. The number of allylic oxidation sites excluding steroid dienone is 2. The van der Waals surface area contributed by atoms with Crippen LogP contribution in [-0.2, 0) is 38.0 Å². The van der Waals surface area contributed by atoms with Crippen LogP contribution in [0.2, 0.25) is 0 Å². The minimum absolute atomic E-state index is 0.143. The molecule has 2 aliphatic rings. The number of ether oxygens (including phenoxy) is 6. The third-order valence-corrected chi connectivity index (χ3v) is 8.48. The summed E-state index contributed by atoms with van der Waals surface area (Å²) >= 11 is 0. The van der Waals surface area contributed by atoms with Crippen molar-refractivity contribution in [3.63, 3.8) is 0 Å². The maximum Gasteiger partial charge on any atom is 0.305 e. The predicted octanol–water partition coefficient (Wildman–Crippen LogP) is 1.39. The Morgan fingerprint density at radius 1 is 0.745 bits per heavy atom. The van der Waals surface area contributed by atoms with Gasteiger partial charge in [-0.3, -0.25) is 9.59 Å². The van der Waals surface area contributed by atoms with Gasteiger partial charge in [-0.15, -0.1) is 0 Å². The van der Waals surface area contributed by atoms with E-state index in [-0.39, 0.29) is 18.7 Å². The number of carbonyl (C=O) groups excluding carboxylic acids is 2. The molecule has 11 atom stereocenters. The van der Waals surface area contributed by atoms with Gasteiger partial charge >= 0.3 is 11.9 Å². The number of methoxy groups -OCH3 is 1. The zero-order chi connectivity index (χ0) is 34.8. The summed E-state index contributed by atoms with van der Waals surface area (Å²) in [5.74, 6) is -0.743. The summed E-state index contributed by atoms with van der Waals surface area (Å²) < 4.78 is 32.7. The Kier molecular flexibility index (Phi) is 20.1. The summed E-state index contributed by atoms with van der Waals surface area (Å²) in [7, 11) is 1.42. The lowest BCUT2D eigenvalue weighted by Crippen LogP contribution is -2.65. The van der Waals surface area contributed by atoms with Crippen LogP contribution < -0.4 is 0 Å². The van der Waals surface area contributed by atoms with E-state index in [2.05, 4.69) is 16.9 Å². The molecule has 1 unspecified atom stereocenters. The first kappa shape index (κ1) is 41.5. The van der Waals surface area contributed by atoms with Crippen molar-refractivity contribution in [1.82, 2.24) is 0 Å². The third kappa shape index (κ3) is 14.7. The molecule has 2 saturated heterocycles. The second kappa shape index (κ2) is 22.8. The quantitative estimate of drug-likeness (QED) is 0.0543. The predicted molar refractivity (Wildman–Crippen MR) is 168 cm³/mol. The van der Waals surface area contributed by atoms with Gasteiger partial charge in [0.05, 0.1) is 19.8 Å². The highest BCUT2D eigenvalue weighted by molar-refractivity contribution is 5.69. The van der Waals surface area contributed by atoms with Crippen molar-refractivity contribution in [2.24, 2.45) is 0 Å². The molecule has 14 nitrogen and oxygen atoms in total. The molecule has 14 heteroatoms. The average molecular weight is 679 g/mol. The van der Waals surface area contributed by atoms with Gasteiger partial charge in [0.25, 0.3) is 0 Å². The summed E-state index contributed by atoms with van der Waals surface area (Å²) in [5, 5.41) is 61.8. The van der Waals surface area contributed by atoms with Gasteiger partial charge in [-0.2, -0.15) is 0 Å². The molecule has 6 N–H and O–H groups in total. The van der Waals surface area contributed by atoms with Crippen LogP contribution in [0.4, 0.5) is 0 Å². The minimum Gasteiger partial charge on any atom is -0.469 e. The van der Waals surface area contributed by atoms with E-state index in [0.717, 1.165) is 70.6 Å². The number of unbranched alkanes of at least 4 members (excludes halogenated alkanes) is 9. The molecule has 0 aromatic carbocycles. The zero-order valence-corrected chi connectivity index (χ0v) is 28.1. The van der Waals surface area contributed by atoms with E-state index in [1.807, 2.05) is 6.92 Å². The lowest BCUT2D eigenvalue weighted by atomic mass is 9.97. The second-order valence-electron chi connectivity index (χ2n) is 12.4. The van der Waals surface area contributed by atoms with Crippen LogP contribution in [0.5, 0.6) is 0 Å². The van der Waals surface area contributed by atoms with Crippen LogP contribution in [-0.4, -0.2) is 130 Å². The third-order valence-electron chi connectivity index (χ3n) is 8.48. The van der Waals surface area contributed by atoms with Crippen molar-refractivity contribution in [1.29, 1.82) is 0 Å². The SMILES string of the molecule is COC(=O)CCCCCCC/C=C\CCCCCCC(C)O[C@@H]1O[C@H](COC(C)=O)[C@@H](O)[C@H](O)[C@H]1O[C@@H]1O[C@H](CO)[C@@H](O)[C@H](O)[C@H]1O. The fourth-order valence-corrected chi connectivity index (χ4v) is 5.58. The maximum atomic E-state index is 11.3. The van der Waals surface area contributed by atoms with Crippen molar-refractivity contribution in [2.45, 2.75) is 165 Å². The minimum atomic E-state index is -1.74. The Morgan fingerprint density at radius 3 is 1.94 bits per heavy atom. The van der Waals surface area contributed by atoms with E-state index < -0.39 is 74.0 Å². The Bertz CT molecular complexity index is 901. The monoisotopic (exact) mass is 678 g/mol. The van der Waals surface area contributed by atoms with Gasteiger partial charge in [-0.25, -0.2) is 0 Å². The molecule has 2 heterocycles. The highest BCUT2D eigenvalue weighted by Crippen LogP contribution is 2.31. The van der Waals surface area contributed by atoms with E-state index in [1.54, 1.807) is 0 Å².